The summed E-state index contributed by atoms with van der Waals surface area (Å²) in [5.41, 5.74) is 2.85. The Labute approximate surface area is 196 Å². The number of hydrogen-bond donors (Lipinski definition) is 0. The van der Waals surface area contributed by atoms with Gasteiger partial charge in [-0.2, -0.15) is 4.98 Å². The number of piperazine rings is 1. The molecule has 4 aromatic rings. The van der Waals surface area contributed by atoms with Crippen molar-refractivity contribution in [2.75, 3.05) is 26.2 Å². The molecule has 1 unspecified atom stereocenters. The van der Waals surface area contributed by atoms with Gasteiger partial charge in [0.05, 0.1) is 18.2 Å². The molecule has 1 aliphatic heterocycles. The van der Waals surface area contributed by atoms with Gasteiger partial charge in [-0.1, -0.05) is 65.8 Å². The van der Waals surface area contributed by atoms with E-state index in [2.05, 4.69) is 26.9 Å². The van der Waals surface area contributed by atoms with Crippen LogP contribution in [0, 0.1) is 0 Å². The first-order valence-corrected chi connectivity index (χ1v) is 12.0. The van der Waals surface area contributed by atoms with Crippen molar-refractivity contribution < 1.29 is 9.32 Å². The molecule has 1 atom stereocenters. The Balaban J connectivity index is 1.15. The first-order chi connectivity index (χ1) is 16.2. The summed E-state index contributed by atoms with van der Waals surface area (Å²) < 4.78 is 5.54. The molecule has 1 amide bonds. The van der Waals surface area contributed by atoms with Crippen LogP contribution in [-0.2, 0) is 11.2 Å². The molecule has 1 aliphatic rings. The second kappa shape index (κ2) is 9.64. The third-order valence-corrected chi connectivity index (χ3v) is 6.89. The molecule has 1 saturated heterocycles. The Morgan fingerprint density at radius 1 is 0.970 bits per heavy atom. The van der Waals surface area contributed by atoms with E-state index >= 15 is 0 Å². The monoisotopic (exact) mass is 459 g/mol. The van der Waals surface area contributed by atoms with Crippen molar-refractivity contribution in [2.45, 2.75) is 19.4 Å². The van der Waals surface area contributed by atoms with E-state index in [0.29, 0.717) is 31.2 Å². The Bertz CT molecular complexity index is 1200. The molecule has 0 aliphatic carbocycles. The van der Waals surface area contributed by atoms with Crippen LogP contribution in [0.1, 0.15) is 24.6 Å². The number of amides is 1. The highest BCUT2D eigenvalue weighted by Crippen LogP contribution is 2.25. The maximum absolute atomic E-state index is 12.9. The van der Waals surface area contributed by atoms with E-state index < -0.39 is 0 Å². The zero-order valence-corrected chi connectivity index (χ0v) is 19.2. The molecule has 7 nitrogen and oxygen atoms in total. The molecule has 0 radical (unpaired) electrons. The van der Waals surface area contributed by atoms with Crippen LogP contribution in [-0.4, -0.2) is 57.0 Å². The lowest BCUT2D eigenvalue weighted by atomic mass is 10.2. The van der Waals surface area contributed by atoms with Gasteiger partial charge in [0.1, 0.15) is 5.01 Å². The minimum atomic E-state index is -0.000754. The molecule has 5 rings (SSSR count). The number of thiazole rings is 1. The van der Waals surface area contributed by atoms with Crippen LogP contribution >= 0.6 is 11.3 Å². The summed E-state index contributed by atoms with van der Waals surface area (Å²) in [6.07, 6.45) is 0.336. The first-order valence-electron chi connectivity index (χ1n) is 11.1. The summed E-state index contributed by atoms with van der Waals surface area (Å²) in [5.74, 6) is 1.32. The third kappa shape index (κ3) is 4.86. The van der Waals surface area contributed by atoms with Crippen molar-refractivity contribution in [2.24, 2.45) is 0 Å². The maximum Gasteiger partial charge on any atom is 0.244 e. The number of carbonyl (C=O) groups is 1. The fourth-order valence-electron chi connectivity index (χ4n) is 3.99. The SMILES string of the molecule is CC(c1nc(-c2ccccc2)no1)N1CCN(C(=O)Cc2csc(-c3ccccc3)n2)CC1. The summed E-state index contributed by atoms with van der Waals surface area (Å²) in [6.45, 7) is 4.96. The second-order valence-electron chi connectivity index (χ2n) is 8.10. The lowest BCUT2D eigenvalue weighted by Gasteiger charge is -2.36. The fraction of sp³-hybridized carbons (Fsp3) is 0.280. The number of rotatable bonds is 6. The molecule has 0 bridgehead atoms. The highest BCUT2D eigenvalue weighted by atomic mass is 32.1. The van der Waals surface area contributed by atoms with Crippen LogP contribution in [0.25, 0.3) is 22.0 Å². The number of benzene rings is 2. The summed E-state index contributed by atoms with van der Waals surface area (Å²) in [7, 11) is 0. The van der Waals surface area contributed by atoms with E-state index in [4.69, 9.17) is 4.52 Å². The number of carbonyl (C=O) groups excluding carboxylic acids is 1. The molecule has 8 heteroatoms. The first kappa shape index (κ1) is 21.5. The van der Waals surface area contributed by atoms with Crippen LogP contribution in [0.3, 0.4) is 0 Å². The average Bonchev–Trinajstić information content (AvgIpc) is 3.55. The van der Waals surface area contributed by atoms with Gasteiger partial charge in [-0.05, 0) is 6.92 Å². The number of nitrogens with zero attached hydrogens (tertiary/aromatic N) is 5. The Kier molecular flexibility index (Phi) is 6.28. The Morgan fingerprint density at radius 2 is 1.64 bits per heavy atom. The van der Waals surface area contributed by atoms with Gasteiger partial charge in [0.2, 0.25) is 17.6 Å². The van der Waals surface area contributed by atoms with Crippen LogP contribution < -0.4 is 0 Å². The lowest BCUT2D eigenvalue weighted by molar-refractivity contribution is -0.132. The highest BCUT2D eigenvalue weighted by molar-refractivity contribution is 7.13. The van der Waals surface area contributed by atoms with Crippen LogP contribution in [0.2, 0.25) is 0 Å². The molecule has 0 spiro atoms. The van der Waals surface area contributed by atoms with Crippen molar-refractivity contribution in [3.05, 3.63) is 77.6 Å². The van der Waals surface area contributed by atoms with E-state index in [-0.39, 0.29) is 11.9 Å². The zero-order chi connectivity index (χ0) is 22.6. The van der Waals surface area contributed by atoms with Crippen molar-refractivity contribution in [1.29, 1.82) is 0 Å². The lowest BCUT2D eigenvalue weighted by Crippen LogP contribution is -2.49. The molecular weight excluding hydrogens is 434 g/mol. The highest BCUT2D eigenvalue weighted by Gasteiger charge is 2.28. The normalized spacial score (nSPS) is 15.5. The van der Waals surface area contributed by atoms with Gasteiger partial charge in [0.25, 0.3) is 0 Å². The second-order valence-corrected chi connectivity index (χ2v) is 8.96. The Morgan fingerprint density at radius 3 is 2.33 bits per heavy atom. The van der Waals surface area contributed by atoms with Gasteiger partial charge >= 0.3 is 0 Å². The van der Waals surface area contributed by atoms with Crippen LogP contribution in [0.4, 0.5) is 0 Å². The van der Waals surface area contributed by atoms with Gasteiger partial charge in [0, 0.05) is 42.7 Å². The van der Waals surface area contributed by atoms with Crippen LogP contribution in [0.15, 0.2) is 70.6 Å². The molecule has 0 N–H and O–H groups in total. The smallest absolute Gasteiger partial charge is 0.244 e. The zero-order valence-electron chi connectivity index (χ0n) is 18.4. The summed E-state index contributed by atoms with van der Waals surface area (Å²) in [5, 5.41) is 7.07. The molecule has 0 saturated carbocycles. The number of aromatic nitrogens is 3. The molecule has 1 fully saturated rings. The predicted octanol–water partition coefficient (Wildman–Crippen LogP) is 4.31. The average molecular weight is 460 g/mol. The van der Waals surface area contributed by atoms with Gasteiger partial charge in [-0.3, -0.25) is 9.69 Å². The van der Waals surface area contributed by atoms with E-state index in [1.54, 1.807) is 11.3 Å². The van der Waals surface area contributed by atoms with Crippen LogP contribution in [0.5, 0.6) is 0 Å². The van der Waals surface area contributed by atoms with Gasteiger partial charge in [-0.15, -0.1) is 11.3 Å². The third-order valence-electron chi connectivity index (χ3n) is 5.95. The summed E-state index contributed by atoms with van der Waals surface area (Å²) >= 11 is 1.58. The summed E-state index contributed by atoms with van der Waals surface area (Å²) in [6, 6.07) is 19.9. The molecular formula is C25H25N5O2S. The fourth-order valence-corrected chi connectivity index (χ4v) is 4.82. The van der Waals surface area contributed by atoms with E-state index in [1.165, 1.54) is 0 Å². The summed E-state index contributed by atoms with van der Waals surface area (Å²) in [4.78, 5) is 26.3. The minimum absolute atomic E-state index is 0.000754. The van der Waals surface area contributed by atoms with Gasteiger partial charge in [0.15, 0.2) is 0 Å². The van der Waals surface area contributed by atoms with E-state index in [0.717, 1.165) is 34.9 Å². The molecule has 3 heterocycles. The predicted molar refractivity (Wildman–Crippen MR) is 128 cm³/mol. The quantitative estimate of drug-likeness (QED) is 0.428. The maximum atomic E-state index is 12.9. The standard InChI is InChI=1S/C25H25N5O2S/c1-18(24-27-23(28-32-24)19-8-4-2-5-9-19)29-12-14-30(15-13-29)22(31)16-21-17-33-25(26-21)20-10-6-3-7-11-20/h2-11,17-18H,12-16H2,1H3. The van der Waals surface area contributed by atoms with Crippen molar-refractivity contribution >= 4 is 17.2 Å². The molecule has 2 aromatic carbocycles. The van der Waals surface area contributed by atoms with E-state index in [9.17, 15) is 4.79 Å². The van der Waals surface area contributed by atoms with Crippen molar-refractivity contribution in [3.8, 4) is 22.0 Å². The topological polar surface area (TPSA) is 75.4 Å². The molecule has 2 aromatic heterocycles. The minimum Gasteiger partial charge on any atom is -0.340 e. The number of hydrogen-bond acceptors (Lipinski definition) is 7. The van der Waals surface area contributed by atoms with Gasteiger partial charge < -0.3 is 9.42 Å². The van der Waals surface area contributed by atoms with Gasteiger partial charge in [-0.25, -0.2) is 4.98 Å². The van der Waals surface area contributed by atoms with Crippen molar-refractivity contribution in [1.82, 2.24) is 24.9 Å². The van der Waals surface area contributed by atoms with E-state index in [1.807, 2.05) is 70.9 Å². The molecule has 33 heavy (non-hydrogen) atoms. The van der Waals surface area contributed by atoms with Crippen molar-refractivity contribution in [3.63, 3.8) is 0 Å². The Hall–Kier alpha value is -3.36. The largest absolute Gasteiger partial charge is 0.340 e. The molecule has 168 valence electrons.